The molecule has 11 heavy (non-hydrogen) atoms. The summed E-state index contributed by atoms with van der Waals surface area (Å²) >= 11 is 0. The van der Waals surface area contributed by atoms with Crippen LogP contribution in [-0.4, -0.2) is 47.4 Å². The van der Waals surface area contributed by atoms with E-state index in [0.717, 1.165) is 12.8 Å². The van der Waals surface area contributed by atoms with E-state index >= 15 is 0 Å². The largest absolute Gasteiger partial charge is 0.393 e. The number of epoxide rings is 1. The fourth-order valence-corrected chi connectivity index (χ4v) is 2.72. The van der Waals surface area contributed by atoms with Crippen molar-refractivity contribution in [3.63, 3.8) is 0 Å². The summed E-state index contributed by atoms with van der Waals surface area (Å²) in [6.45, 7) is 0. The highest BCUT2D eigenvalue weighted by Crippen LogP contribution is 2.47. The summed E-state index contributed by atoms with van der Waals surface area (Å²) in [6.07, 6.45) is 2.67. The van der Waals surface area contributed by atoms with Crippen molar-refractivity contribution in [2.75, 3.05) is 7.05 Å². The highest BCUT2D eigenvalue weighted by molar-refractivity contribution is 5.13. The molecular weight excluding hydrogens is 142 g/mol. The second-order valence-corrected chi connectivity index (χ2v) is 3.99. The van der Waals surface area contributed by atoms with Gasteiger partial charge in [-0.25, -0.2) is 0 Å². The highest BCUT2D eigenvalue weighted by Gasteiger charge is 2.62. The third-order valence-corrected chi connectivity index (χ3v) is 3.39. The van der Waals surface area contributed by atoms with Crippen LogP contribution >= 0.6 is 0 Å². The van der Waals surface area contributed by atoms with Crippen LogP contribution in [0.25, 0.3) is 0 Å². The van der Waals surface area contributed by atoms with Gasteiger partial charge in [-0.05, 0) is 19.9 Å². The number of piperidine rings is 1. The Morgan fingerprint density at radius 1 is 1.27 bits per heavy atom. The minimum atomic E-state index is -0.0717. The summed E-state index contributed by atoms with van der Waals surface area (Å²) in [6, 6.07) is 1.02. The molecule has 3 heteroatoms. The maximum atomic E-state index is 9.46. The van der Waals surface area contributed by atoms with Crippen molar-refractivity contribution in [1.29, 1.82) is 0 Å². The smallest absolute Gasteiger partial charge is 0.101 e. The van der Waals surface area contributed by atoms with E-state index in [1.54, 1.807) is 0 Å². The molecule has 2 bridgehead atoms. The molecule has 0 amide bonds. The van der Waals surface area contributed by atoms with Crippen LogP contribution < -0.4 is 0 Å². The third-order valence-electron chi connectivity index (χ3n) is 3.39. The van der Waals surface area contributed by atoms with Crippen molar-refractivity contribution in [3.8, 4) is 0 Å². The number of hydrogen-bond donors (Lipinski definition) is 1. The molecule has 1 N–H and O–H groups in total. The molecule has 0 radical (unpaired) electrons. The van der Waals surface area contributed by atoms with Gasteiger partial charge >= 0.3 is 0 Å². The van der Waals surface area contributed by atoms with Crippen molar-refractivity contribution in [3.05, 3.63) is 0 Å². The second kappa shape index (κ2) is 1.79. The molecule has 0 spiro atoms. The van der Waals surface area contributed by atoms with Gasteiger partial charge in [0, 0.05) is 12.1 Å². The Bertz CT molecular complexity index is 179. The minimum absolute atomic E-state index is 0.0717. The van der Waals surface area contributed by atoms with Crippen molar-refractivity contribution in [1.82, 2.24) is 4.90 Å². The van der Waals surface area contributed by atoms with Crippen molar-refractivity contribution >= 4 is 0 Å². The number of rotatable bonds is 0. The number of morpholine rings is 1. The molecule has 3 fully saturated rings. The van der Waals surface area contributed by atoms with Gasteiger partial charge in [0.1, 0.15) is 12.2 Å². The number of ether oxygens (including phenoxy) is 1. The third kappa shape index (κ3) is 0.687. The zero-order valence-electron chi connectivity index (χ0n) is 6.60. The van der Waals surface area contributed by atoms with Crippen molar-refractivity contribution < 1.29 is 9.84 Å². The second-order valence-electron chi connectivity index (χ2n) is 3.99. The van der Waals surface area contributed by atoms with E-state index in [9.17, 15) is 5.11 Å². The van der Waals surface area contributed by atoms with Crippen molar-refractivity contribution in [2.45, 2.75) is 43.2 Å². The first-order chi connectivity index (χ1) is 5.27. The van der Waals surface area contributed by atoms with Gasteiger partial charge < -0.3 is 9.84 Å². The number of aliphatic hydroxyl groups excluding tert-OH is 1. The summed E-state index contributed by atoms with van der Waals surface area (Å²) in [4.78, 5) is 2.38. The van der Waals surface area contributed by atoms with Crippen LogP contribution in [-0.2, 0) is 4.74 Å². The lowest BCUT2D eigenvalue weighted by atomic mass is 10.00. The van der Waals surface area contributed by atoms with Crippen LogP contribution in [0.1, 0.15) is 12.8 Å². The molecule has 5 atom stereocenters. The maximum absolute atomic E-state index is 9.46. The molecule has 3 nitrogen and oxygen atoms in total. The zero-order chi connectivity index (χ0) is 7.59. The van der Waals surface area contributed by atoms with E-state index in [-0.39, 0.29) is 6.10 Å². The van der Waals surface area contributed by atoms with Crippen molar-refractivity contribution in [2.24, 2.45) is 0 Å². The lowest BCUT2D eigenvalue weighted by Crippen LogP contribution is -2.46. The molecule has 0 aromatic rings. The molecule has 0 aliphatic carbocycles. The van der Waals surface area contributed by atoms with Crippen LogP contribution in [0.2, 0.25) is 0 Å². The molecule has 3 saturated heterocycles. The molecule has 3 rings (SSSR count). The average Bonchev–Trinajstić information content (AvgIpc) is 2.66. The molecule has 0 saturated carbocycles. The van der Waals surface area contributed by atoms with Gasteiger partial charge in [0.15, 0.2) is 0 Å². The van der Waals surface area contributed by atoms with Crippen LogP contribution in [0.5, 0.6) is 0 Å². The van der Waals surface area contributed by atoms with Gasteiger partial charge in [0.25, 0.3) is 0 Å². The van der Waals surface area contributed by atoms with Gasteiger partial charge in [-0.15, -0.1) is 0 Å². The average molecular weight is 155 g/mol. The molecule has 0 aromatic heterocycles. The number of likely N-dealkylation sites (N-methyl/N-ethyl adjacent to an activating group) is 1. The lowest BCUT2D eigenvalue weighted by molar-refractivity contribution is 0.00149. The SMILES string of the molecule is CN1[C@H]2C[C@H](O)C[C@H]1[C@H]1O[C@H]12. The Hall–Kier alpha value is -0.120. The van der Waals surface area contributed by atoms with Gasteiger partial charge in [0.2, 0.25) is 0 Å². The Kier molecular flexibility index (Phi) is 1.04. The molecular formula is C8H13NO2. The fraction of sp³-hybridized carbons (Fsp3) is 1.00. The highest BCUT2D eigenvalue weighted by atomic mass is 16.6. The number of fused-ring (bicyclic) bond motifs is 5. The molecule has 0 aromatic carbocycles. The Morgan fingerprint density at radius 2 is 1.82 bits per heavy atom. The summed E-state index contributed by atoms with van der Waals surface area (Å²) in [5, 5.41) is 9.46. The van der Waals surface area contributed by atoms with E-state index in [1.807, 2.05) is 0 Å². The summed E-state index contributed by atoms with van der Waals surface area (Å²) in [5.74, 6) is 0. The maximum Gasteiger partial charge on any atom is 0.101 e. The van der Waals surface area contributed by atoms with Crippen LogP contribution in [0.3, 0.4) is 0 Å². The summed E-state index contributed by atoms with van der Waals surface area (Å²) in [5.41, 5.74) is 0. The molecule has 62 valence electrons. The molecule has 3 aliphatic heterocycles. The van der Waals surface area contributed by atoms with Crippen LogP contribution in [0.4, 0.5) is 0 Å². The minimum Gasteiger partial charge on any atom is -0.393 e. The predicted octanol–water partition coefficient (Wildman–Crippen LogP) is -0.409. The van der Waals surface area contributed by atoms with Gasteiger partial charge in [-0.1, -0.05) is 0 Å². The Balaban J connectivity index is 1.90. The molecule has 3 heterocycles. The van der Waals surface area contributed by atoms with Crippen LogP contribution in [0.15, 0.2) is 0 Å². The summed E-state index contributed by atoms with van der Waals surface area (Å²) < 4.78 is 5.49. The number of nitrogens with zero attached hydrogens (tertiary/aromatic N) is 1. The first kappa shape index (κ1) is 6.40. The first-order valence-electron chi connectivity index (χ1n) is 4.33. The number of aliphatic hydroxyl groups is 1. The van der Waals surface area contributed by atoms with E-state index < -0.39 is 0 Å². The van der Waals surface area contributed by atoms with Gasteiger partial charge in [-0.2, -0.15) is 0 Å². The number of hydrogen-bond acceptors (Lipinski definition) is 3. The lowest BCUT2D eigenvalue weighted by Gasteiger charge is -2.36. The first-order valence-corrected chi connectivity index (χ1v) is 4.33. The van der Waals surface area contributed by atoms with Crippen LogP contribution in [0, 0.1) is 0 Å². The normalized spacial score (nSPS) is 61.1. The Labute approximate surface area is 65.9 Å². The molecule has 3 aliphatic rings. The van der Waals surface area contributed by atoms with E-state index in [2.05, 4.69) is 11.9 Å². The van der Waals surface area contributed by atoms with Gasteiger partial charge in [0.05, 0.1) is 6.10 Å². The standard InChI is InChI=1S/C8H13NO2/c1-9-5-2-4(10)3-6(9)8-7(5)11-8/h4-8,10H,2-3H2,1H3/t4-,5-,6-,7-,8+/m0/s1. The Morgan fingerprint density at radius 3 is 2.36 bits per heavy atom. The van der Waals surface area contributed by atoms with E-state index in [1.165, 1.54) is 0 Å². The predicted molar refractivity (Wildman–Crippen MR) is 39.2 cm³/mol. The van der Waals surface area contributed by atoms with Gasteiger partial charge in [-0.3, -0.25) is 4.90 Å². The topological polar surface area (TPSA) is 36.0 Å². The van der Waals surface area contributed by atoms with E-state index in [0.29, 0.717) is 24.3 Å². The monoisotopic (exact) mass is 155 g/mol. The molecule has 0 unspecified atom stereocenters. The zero-order valence-corrected chi connectivity index (χ0v) is 6.60. The quantitative estimate of drug-likeness (QED) is 0.483. The van der Waals surface area contributed by atoms with E-state index in [4.69, 9.17) is 4.74 Å². The fourth-order valence-electron chi connectivity index (χ4n) is 2.72. The summed E-state index contributed by atoms with van der Waals surface area (Å²) in [7, 11) is 2.15.